The molecule has 0 amide bonds. The van der Waals surface area contributed by atoms with Crippen molar-refractivity contribution in [2.45, 2.75) is 37.5 Å². The lowest BCUT2D eigenvalue weighted by atomic mass is 10.1. The third-order valence-electron chi connectivity index (χ3n) is 5.40. The van der Waals surface area contributed by atoms with Crippen LogP contribution in [0.1, 0.15) is 30.4 Å². The number of nitrogens with two attached hydrogens (primary N) is 1. The van der Waals surface area contributed by atoms with Gasteiger partial charge >= 0.3 is 0 Å². The lowest BCUT2D eigenvalue weighted by Gasteiger charge is -2.16. The van der Waals surface area contributed by atoms with Gasteiger partial charge < -0.3 is 20.6 Å². The van der Waals surface area contributed by atoms with Crippen molar-refractivity contribution in [1.29, 1.82) is 0 Å². The van der Waals surface area contributed by atoms with Crippen LogP contribution < -0.4 is 11.1 Å². The molecule has 2 aromatic carbocycles. The summed E-state index contributed by atoms with van der Waals surface area (Å²) in [5, 5.41) is 19.5. The molecule has 0 aliphatic carbocycles. The number of aliphatic hydroxyl groups excluding tert-OH is 1. The molecule has 1 unspecified atom stereocenters. The predicted molar refractivity (Wildman–Crippen MR) is 136 cm³/mol. The van der Waals surface area contributed by atoms with Gasteiger partial charge in [-0.1, -0.05) is 37.3 Å². The normalized spacial score (nSPS) is 14.5. The molecule has 1 aliphatic rings. The van der Waals surface area contributed by atoms with Crippen LogP contribution in [0.3, 0.4) is 0 Å². The summed E-state index contributed by atoms with van der Waals surface area (Å²) in [6.07, 6.45) is 4.84. The van der Waals surface area contributed by atoms with Crippen LogP contribution >= 0.6 is 0 Å². The van der Waals surface area contributed by atoms with Gasteiger partial charge in [0.2, 0.25) is 11.8 Å². The predicted octanol–water partition coefficient (Wildman–Crippen LogP) is 3.69. The SMILES string of the molecule is CCc1nnc(-c2cnc(Nc3ccc4c(c3)CCCS4=O)nc2N)o1.OCCc1ccccc1. The van der Waals surface area contributed by atoms with E-state index in [0.29, 0.717) is 29.7 Å². The lowest BCUT2D eigenvalue weighted by Crippen LogP contribution is -2.10. The van der Waals surface area contributed by atoms with Gasteiger partial charge in [0.05, 0.1) is 16.4 Å². The molecule has 35 heavy (non-hydrogen) atoms. The molecular weight excluding hydrogens is 464 g/mol. The van der Waals surface area contributed by atoms with Crippen LogP contribution in [-0.4, -0.2) is 41.8 Å². The fourth-order valence-electron chi connectivity index (χ4n) is 3.61. The smallest absolute Gasteiger partial charge is 0.253 e. The average molecular weight is 493 g/mol. The summed E-state index contributed by atoms with van der Waals surface area (Å²) in [7, 11) is -0.899. The minimum Gasteiger partial charge on any atom is -0.421 e. The third kappa shape index (κ3) is 6.28. The standard InChI is InChI=1S/C17H18N6O2S.C8H10O/c1-2-14-22-23-16(25-14)12-9-19-17(21-15(12)18)20-11-5-6-13-10(8-11)4-3-7-26(13)24;9-7-6-8-4-2-1-3-5-8/h5-6,8-9H,2-4,7H2,1H3,(H3,18,19,20,21);1-5,9H,6-7H2. The van der Waals surface area contributed by atoms with Crippen LogP contribution in [0.5, 0.6) is 0 Å². The Bertz CT molecular complexity index is 1300. The molecule has 0 saturated carbocycles. The number of nitrogen functional groups attached to an aromatic ring is 1. The van der Waals surface area contributed by atoms with E-state index in [0.717, 1.165) is 41.2 Å². The van der Waals surface area contributed by atoms with E-state index < -0.39 is 10.8 Å². The zero-order chi connectivity index (χ0) is 24.6. The molecule has 5 rings (SSSR count). The maximum atomic E-state index is 12.0. The molecule has 0 spiro atoms. The van der Waals surface area contributed by atoms with Gasteiger partial charge in [-0.05, 0) is 48.6 Å². The molecule has 182 valence electrons. The number of hydrogen-bond donors (Lipinski definition) is 3. The molecule has 4 aromatic rings. The molecule has 4 N–H and O–H groups in total. The Kier molecular flexibility index (Phi) is 8.17. The molecule has 0 fully saturated rings. The van der Waals surface area contributed by atoms with Gasteiger partial charge in [0.15, 0.2) is 0 Å². The number of rotatable bonds is 6. The van der Waals surface area contributed by atoms with Crippen molar-refractivity contribution < 1.29 is 13.7 Å². The molecule has 9 nitrogen and oxygen atoms in total. The maximum Gasteiger partial charge on any atom is 0.253 e. The van der Waals surface area contributed by atoms with Crippen molar-refractivity contribution >= 4 is 28.3 Å². The summed E-state index contributed by atoms with van der Waals surface area (Å²) in [5.74, 6) is 2.21. The first-order valence-electron chi connectivity index (χ1n) is 11.5. The fraction of sp³-hybridized carbons (Fsp3) is 0.280. The second-order valence-electron chi connectivity index (χ2n) is 7.91. The van der Waals surface area contributed by atoms with Gasteiger partial charge in [-0.15, -0.1) is 10.2 Å². The van der Waals surface area contributed by atoms with Gasteiger partial charge in [-0.25, -0.2) is 4.98 Å². The zero-order valence-corrected chi connectivity index (χ0v) is 20.3. The summed E-state index contributed by atoms with van der Waals surface area (Å²) in [6.45, 7) is 2.17. The second-order valence-corrected chi connectivity index (χ2v) is 9.45. The van der Waals surface area contributed by atoms with E-state index in [1.807, 2.05) is 55.5 Å². The van der Waals surface area contributed by atoms with Gasteiger partial charge in [0.1, 0.15) is 5.82 Å². The number of aromatic nitrogens is 4. The molecule has 0 bridgehead atoms. The number of benzene rings is 2. The Morgan fingerprint density at radius 3 is 2.71 bits per heavy atom. The third-order valence-corrected chi connectivity index (χ3v) is 6.95. The maximum absolute atomic E-state index is 12.0. The van der Waals surface area contributed by atoms with E-state index in [1.54, 1.807) is 6.20 Å². The monoisotopic (exact) mass is 492 g/mol. The first-order chi connectivity index (χ1) is 17.1. The summed E-state index contributed by atoms with van der Waals surface area (Å²) >= 11 is 0. The number of fused-ring (bicyclic) bond motifs is 1. The topological polar surface area (TPSA) is 140 Å². The van der Waals surface area contributed by atoms with E-state index in [-0.39, 0.29) is 12.4 Å². The highest BCUT2D eigenvalue weighted by Crippen LogP contribution is 2.28. The van der Waals surface area contributed by atoms with Crippen LogP contribution in [0.4, 0.5) is 17.5 Å². The number of aryl methyl sites for hydroxylation is 2. The quantitative estimate of drug-likeness (QED) is 0.367. The first kappa shape index (κ1) is 24.5. The fourth-order valence-corrected chi connectivity index (χ4v) is 4.91. The van der Waals surface area contributed by atoms with Gasteiger partial charge in [0, 0.05) is 35.6 Å². The van der Waals surface area contributed by atoms with E-state index in [4.69, 9.17) is 15.3 Å². The van der Waals surface area contributed by atoms with Gasteiger partial charge in [-0.3, -0.25) is 4.21 Å². The number of hydrogen-bond acceptors (Lipinski definition) is 9. The van der Waals surface area contributed by atoms with Crippen LogP contribution in [0.25, 0.3) is 11.5 Å². The molecular formula is C25H28N6O3S. The highest BCUT2D eigenvalue weighted by molar-refractivity contribution is 7.85. The number of nitrogens with zero attached hydrogens (tertiary/aromatic N) is 4. The summed E-state index contributed by atoms with van der Waals surface area (Å²) in [4.78, 5) is 9.48. The Labute approximate surface area is 206 Å². The van der Waals surface area contributed by atoms with Crippen LogP contribution in [0.15, 0.2) is 64.0 Å². The van der Waals surface area contributed by atoms with E-state index in [9.17, 15) is 4.21 Å². The Hall–Kier alpha value is -3.63. The van der Waals surface area contributed by atoms with Crippen molar-refractivity contribution in [1.82, 2.24) is 20.2 Å². The second kappa shape index (κ2) is 11.7. The van der Waals surface area contributed by atoms with Crippen molar-refractivity contribution in [2.24, 2.45) is 0 Å². The van der Waals surface area contributed by atoms with Crippen LogP contribution in [0.2, 0.25) is 0 Å². The molecule has 0 radical (unpaired) electrons. The molecule has 1 aliphatic heterocycles. The van der Waals surface area contributed by atoms with E-state index in [1.165, 1.54) is 5.56 Å². The van der Waals surface area contributed by atoms with E-state index in [2.05, 4.69) is 25.5 Å². The summed E-state index contributed by atoms with van der Waals surface area (Å²) < 4.78 is 17.5. The molecule has 10 heteroatoms. The Morgan fingerprint density at radius 1 is 1.17 bits per heavy atom. The highest BCUT2D eigenvalue weighted by atomic mass is 32.2. The van der Waals surface area contributed by atoms with E-state index >= 15 is 0 Å². The minimum atomic E-state index is -0.899. The molecule has 2 aromatic heterocycles. The minimum absolute atomic E-state index is 0.240. The molecule has 3 heterocycles. The van der Waals surface area contributed by atoms with Gasteiger partial charge in [0.25, 0.3) is 5.89 Å². The largest absolute Gasteiger partial charge is 0.421 e. The number of anilines is 3. The Morgan fingerprint density at radius 2 is 2.00 bits per heavy atom. The van der Waals surface area contributed by atoms with Gasteiger partial charge in [-0.2, -0.15) is 4.98 Å². The highest BCUT2D eigenvalue weighted by Gasteiger charge is 2.17. The summed E-state index contributed by atoms with van der Waals surface area (Å²) in [6, 6.07) is 15.7. The average Bonchev–Trinajstić information content (AvgIpc) is 3.35. The van der Waals surface area contributed by atoms with Crippen molar-refractivity contribution in [3.05, 3.63) is 71.7 Å². The lowest BCUT2D eigenvalue weighted by molar-refractivity contribution is 0.299. The van der Waals surface area contributed by atoms with Crippen molar-refractivity contribution in [3.63, 3.8) is 0 Å². The molecule has 0 saturated heterocycles. The van der Waals surface area contributed by atoms with Crippen molar-refractivity contribution in [3.8, 4) is 11.5 Å². The van der Waals surface area contributed by atoms with Crippen LogP contribution in [-0.2, 0) is 30.1 Å². The first-order valence-corrected chi connectivity index (χ1v) is 12.8. The molecule has 1 atom stereocenters. The number of aliphatic hydroxyl groups is 1. The number of nitrogens with one attached hydrogen (secondary N) is 1. The van der Waals surface area contributed by atoms with Crippen LogP contribution in [0, 0.1) is 0 Å². The Balaban J connectivity index is 0.000000271. The van der Waals surface area contributed by atoms with Crippen molar-refractivity contribution in [2.75, 3.05) is 23.4 Å². The zero-order valence-electron chi connectivity index (χ0n) is 19.5. The summed E-state index contributed by atoms with van der Waals surface area (Å²) in [5.41, 5.74) is 9.66.